The van der Waals surface area contributed by atoms with Gasteiger partial charge in [0.05, 0.1) is 11.6 Å². The number of carbonyl (C=O) groups excluding carboxylic acids is 1. The molecule has 1 N–H and O–H groups in total. The number of nitrogens with one attached hydrogen (secondary N) is 1. The van der Waals surface area contributed by atoms with Gasteiger partial charge in [-0.2, -0.15) is 0 Å². The largest absolute Gasteiger partial charge is 0.350 e. The topological polar surface area (TPSA) is 63.1 Å². The molecule has 1 aliphatic heterocycles. The van der Waals surface area contributed by atoms with Crippen molar-refractivity contribution in [2.45, 2.75) is 26.7 Å². The minimum Gasteiger partial charge on any atom is -0.350 e. The molecule has 0 spiro atoms. The summed E-state index contributed by atoms with van der Waals surface area (Å²) in [6, 6.07) is 10.0. The lowest BCUT2D eigenvalue weighted by atomic mass is 9.97. The highest BCUT2D eigenvalue weighted by molar-refractivity contribution is 6.02. The monoisotopic (exact) mass is 363 g/mol. The molecule has 0 aliphatic carbocycles. The van der Waals surface area contributed by atoms with Crippen LogP contribution in [0.1, 0.15) is 24.2 Å². The second kappa shape index (κ2) is 7.02. The van der Waals surface area contributed by atoms with Gasteiger partial charge in [0.25, 0.3) is 0 Å². The molecule has 3 heterocycles. The summed E-state index contributed by atoms with van der Waals surface area (Å²) in [5.74, 6) is 0.734. The van der Waals surface area contributed by atoms with E-state index >= 15 is 0 Å². The van der Waals surface area contributed by atoms with Gasteiger partial charge in [-0.1, -0.05) is 6.07 Å². The third-order valence-electron chi connectivity index (χ3n) is 5.23. The molecular formula is C21H25N5O. The van der Waals surface area contributed by atoms with Gasteiger partial charge in [-0.05, 0) is 51.0 Å². The van der Waals surface area contributed by atoms with Crippen molar-refractivity contribution in [1.82, 2.24) is 14.5 Å². The predicted molar refractivity (Wildman–Crippen MR) is 108 cm³/mol. The summed E-state index contributed by atoms with van der Waals surface area (Å²) in [7, 11) is 2.01. The number of hydrogen-bond donors (Lipinski definition) is 1. The van der Waals surface area contributed by atoms with Crippen molar-refractivity contribution < 1.29 is 4.79 Å². The Labute approximate surface area is 159 Å². The van der Waals surface area contributed by atoms with Gasteiger partial charge in [-0.15, -0.1) is 0 Å². The Morgan fingerprint density at radius 1 is 1.19 bits per heavy atom. The molecule has 1 aliphatic rings. The van der Waals surface area contributed by atoms with Crippen LogP contribution in [0.2, 0.25) is 0 Å². The molecule has 1 unspecified atom stereocenters. The van der Waals surface area contributed by atoms with E-state index in [1.54, 1.807) is 0 Å². The number of hydrogen-bond acceptors (Lipinski definition) is 4. The van der Waals surface area contributed by atoms with E-state index in [-0.39, 0.29) is 11.8 Å². The van der Waals surface area contributed by atoms with Crippen LogP contribution in [0.15, 0.2) is 36.5 Å². The Morgan fingerprint density at radius 3 is 2.74 bits per heavy atom. The lowest BCUT2D eigenvalue weighted by Crippen LogP contribution is -2.41. The zero-order valence-electron chi connectivity index (χ0n) is 16.1. The van der Waals surface area contributed by atoms with Gasteiger partial charge in [0, 0.05) is 48.6 Å². The van der Waals surface area contributed by atoms with Crippen molar-refractivity contribution in [2.75, 3.05) is 23.3 Å². The predicted octanol–water partition coefficient (Wildman–Crippen LogP) is 3.44. The molecule has 1 fully saturated rings. The number of anilines is 2. The second-order valence-electron chi connectivity index (χ2n) is 7.39. The summed E-state index contributed by atoms with van der Waals surface area (Å²) < 4.78 is 2.06. The highest BCUT2D eigenvalue weighted by Gasteiger charge is 2.27. The molecule has 1 saturated heterocycles. The standard InChI is InChI=1S/C21H25N5O/c1-14-12-15(2)23-21(22-14)26-10-5-6-16(13-26)20(27)24-18-7-4-8-19-17(18)9-11-25(19)3/h4,7-9,11-12,16H,5-6,10,13H2,1-3H3,(H,24,27). The first-order valence-corrected chi connectivity index (χ1v) is 9.43. The fourth-order valence-corrected chi connectivity index (χ4v) is 3.87. The molecule has 6 nitrogen and oxygen atoms in total. The van der Waals surface area contributed by atoms with E-state index in [4.69, 9.17) is 0 Å². The van der Waals surface area contributed by atoms with E-state index in [1.165, 1.54) is 0 Å². The number of aromatic nitrogens is 3. The molecule has 0 saturated carbocycles. The van der Waals surface area contributed by atoms with Crippen molar-refractivity contribution in [2.24, 2.45) is 13.0 Å². The fraction of sp³-hybridized carbons (Fsp3) is 0.381. The SMILES string of the molecule is Cc1cc(C)nc(N2CCCC(C(=O)Nc3cccc4c3ccn4C)C2)n1. The molecule has 27 heavy (non-hydrogen) atoms. The van der Waals surface area contributed by atoms with Crippen molar-refractivity contribution in [3.63, 3.8) is 0 Å². The fourth-order valence-electron chi connectivity index (χ4n) is 3.87. The summed E-state index contributed by atoms with van der Waals surface area (Å²) >= 11 is 0. The molecule has 140 valence electrons. The lowest BCUT2D eigenvalue weighted by Gasteiger charge is -2.32. The first-order chi connectivity index (χ1) is 13.0. The number of carbonyl (C=O) groups is 1. The third kappa shape index (κ3) is 3.52. The minimum absolute atomic E-state index is 0.0675. The van der Waals surface area contributed by atoms with Gasteiger partial charge in [-0.25, -0.2) is 9.97 Å². The summed E-state index contributed by atoms with van der Waals surface area (Å²) in [6.07, 6.45) is 3.86. The molecule has 3 aromatic rings. The number of nitrogens with zero attached hydrogens (tertiary/aromatic N) is 4. The molecule has 0 bridgehead atoms. The highest BCUT2D eigenvalue weighted by Crippen LogP contribution is 2.26. The summed E-state index contributed by atoms with van der Waals surface area (Å²) in [5, 5.41) is 4.21. The van der Waals surface area contributed by atoms with Crippen LogP contribution >= 0.6 is 0 Å². The van der Waals surface area contributed by atoms with Crippen LogP contribution in [0.3, 0.4) is 0 Å². The Hall–Kier alpha value is -2.89. The maximum absolute atomic E-state index is 12.9. The lowest BCUT2D eigenvalue weighted by molar-refractivity contribution is -0.120. The smallest absolute Gasteiger partial charge is 0.229 e. The van der Waals surface area contributed by atoms with Crippen molar-refractivity contribution in [3.8, 4) is 0 Å². The molecule has 2 aromatic heterocycles. The Balaban J connectivity index is 1.51. The number of piperidine rings is 1. The average molecular weight is 363 g/mol. The second-order valence-corrected chi connectivity index (χ2v) is 7.39. The number of aryl methyl sites for hydroxylation is 3. The van der Waals surface area contributed by atoms with E-state index in [0.29, 0.717) is 6.54 Å². The van der Waals surface area contributed by atoms with E-state index in [9.17, 15) is 4.79 Å². The molecule has 6 heteroatoms. The van der Waals surface area contributed by atoms with Gasteiger partial charge < -0.3 is 14.8 Å². The van der Waals surface area contributed by atoms with Crippen LogP contribution < -0.4 is 10.2 Å². The van der Waals surface area contributed by atoms with Crippen molar-refractivity contribution >= 4 is 28.4 Å². The van der Waals surface area contributed by atoms with Gasteiger partial charge in [0.2, 0.25) is 11.9 Å². The highest BCUT2D eigenvalue weighted by atomic mass is 16.1. The quantitative estimate of drug-likeness (QED) is 0.774. The van der Waals surface area contributed by atoms with Crippen molar-refractivity contribution in [1.29, 1.82) is 0 Å². The Kier molecular flexibility index (Phi) is 4.56. The van der Waals surface area contributed by atoms with Crippen LogP contribution in [0.4, 0.5) is 11.6 Å². The Morgan fingerprint density at radius 2 is 1.96 bits per heavy atom. The first-order valence-electron chi connectivity index (χ1n) is 9.43. The third-order valence-corrected chi connectivity index (χ3v) is 5.23. The maximum Gasteiger partial charge on any atom is 0.229 e. The zero-order valence-corrected chi connectivity index (χ0v) is 16.1. The molecule has 1 aromatic carbocycles. The number of rotatable bonds is 3. The summed E-state index contributed by atoms with van der Waals surface area (Å²) in [4.78, 5) is 24.2. The zero-order chi connectivity index (χ0) is 19.0. The van der Waals surface area contributed by atoms with Gasteiger partial charge >= 0.3 is 0 Å². The molecule has 1 amide bonds. The molecular weight excluding hydrogens is 338 g/mol. The normalized spacial score (nSPS) is 17.3. The average Bonchev–Trinajstić information content (AvgIpc) is 3.03. The number of fused-ring (bicyclic) bond motifs is 1. The van der Waals surface area contributed by atoms with Gasteiger partial charge in [0.15, 0.2) is 0 Å². The molecule has 0 radical (unpaired) electrons. The maximum atomic E-state index is 12.9. The molecule has 4 rings (SSSR count). The van der Waals surface area contributed by atoms with Crippen molar-refractivity contribution in [3.05, 3.63) is 47.9 Å². The van der Waals surface area contributed by atoms with E-state index in [0.717, 1.165) is 53.3 Å². The summed E-state index contributed by atoms with van der Waals surface area (Å²) in [5.41, 5.74) is 3.90. The van der Waals surface area contributed by atoms with Gasteiger partial charge in [0.1, 0.15) is 0 Å². The van der Waals surface area contributed by atoms with Gasteiger partial charge in [-0.3, -0.25) is 4.79 Å². The van der Waals surface area contributed by atoms with E-state index in [2.05, 4.69) is 30.8 Å². The first kappa shape index (κ1) is 17.5. The summed E-state index contributed by atoms with van der Waals surface area (Å²) in [6.45, 7) is 5.50. The van der Waals surface area contributed by atoms with Crippen LogP contribution in [0, 0.1) is 19.8 Å². The number of amides is 1. The number of benzene rings is 1. The Bertz CT molecular complexity index is 973. The van der Waals surface area contributed by atoms with Crippen LogP contribution in [-0.2, 0) is 11.8 Å². The van der Waals surface area contributed by atoms with Crippen LogP contribution in [0.25, 0.3) is 10.9 Å². The van der Waals surface area contributed by atoms with Crippen LogP contribution in [0.5, 0.6) is 0 Å². The minimum atomic E-state index is -0.0675. The van der Waals surface area contributed by atoms with E-state index in [1.807, 2.05) is 51.4 Å². The van der Waals surface area contributed by atoms with E-state index < -0.39 is 0 Å². The molecule has 1 atom stereocenters. The van der Waals surface area contributed by atoms with Crippen LogP contribution in [-0.4, -0.2) is 33.5 Å².